The molecular weight excluding hydrogens is 372 g/mol. The van der Waals surface area contributed by atoms with Crippen molar-refractivity contribution < 1.29 is 9.53 Å². The van der Waals surface area contributed by atoms with Gasteiger partial charge in [-0.15, -0.1) is 11.3 Å². The third-order valence-electron chi connectivity index (χ3n) is 6.18. The molecule has 0 aliphatic carbocycles. The van der Waals surface area contributed by atoms with Gasteiger partial charge in [0.1, 0.15) is 21.3 Å². The first-order chi connectivity index (χ1) is 13.5. The van der Waals surface area contributed by atoms with Gasteiger partial charge in [0, 0.05) is 25.2 Å². The Morgan fingerprint density at radius 2 is 1.93 bits per heavy atom. The zero-order valence-electron chi connectivity index (χ0n) is 17.3. The molecule has 2 aromatic rings. The molecule has 6 nitrogen and oxygen atoms in total. The monoisotopic (exact) mass is 402 g/mol. The van der Waals surface area contributed by atoms with Crippen molar-refractivity contribution in [2.24, 2.45) is 0 Å². The van der Waals surface area contributed by atoms with Crippen LogP contribution >= 0.6 is 11.3 Å². The summed E-state index contributed by atoms with van der Waals surface area (Å²) < 4.78 is 5.24. The highest BCUT2D eigenvalue weighted by Gasteiger charge is 2.32. The third-order valence-corrected chi connectivity index (χ3v) is 7.35. The van der Waals surface area contributed by atoms with Crippen molar-refractivity contribution >= 4 is 33.3 Å². The van der Waals surface area contributed by atoms with Gasteiger partial charge >= 0.3 is 5.97 Å². The second-order valence-electron chi connectivity index (χ2n) is 8.00. The van der Waals surface area contributed by atoms with Crippen molar-refractivity contribution in [2.75, 3.05) is 31.1 Å². The maximum absolute atomic E-state index is 12.3. The average Bonchev–Trinajstić information content (AvgIpc) is 3.25. The van der Waals surface area contributed by atoms with Crippen LogP contribution in [0.3, 0.4) is 0 Å². The number of thiophene rings is 1. The molecule has 4 rings (SSSR count). The number of hydrogen-bond acceptors (Lipinski definition) is 7. The SMILES string of the molecule is CCOC(=O)c1sc2nc(C)nc(N3CCC(N4CCCC4C)CC3)c2c1C. The van der Waals surface area contributed by atoms with Crippen LogP contribution in [0.4, 0.5) is 5.82 Å². The van der Waals surface area contributed by atoms with Gasteiger partial charge < -0.3 is 9.64 Å². The number of anilines is 1. The fraction of sp³-hybridized carbons (Fsp3) is 0.667. The Hall–Kier alpha value is -1.73. The van der Waals surface area contributed by atoms with E-state index in [4.69, 9.17) is 9.72 Å². The van der Waals surface area contributed by atoms with Crippen molar-refractivity contribution in [3.05, 3.63) is 16.3 Å². The molecule has 0 spiro atoms. The van der Waals surface area contributed by atoms with Crippen LogP contribution in [-0.4, -0.2) is 59.2 Å². The highest BCUT2D eigenvalue weighted by atomic mass is 32.1. The van der Waals surface area contributed by atoms with E-state index in [0.717, 1.165) is 46.6 Å². The van der Waals surface area contributed by atoms with Crippen LogP contribution in [0.2, 0.25) is 0 Å². The number of fused-ring (bicyclic) bond motifs is 1. The molecule has 4 heterocycles. The summed E-state index contributed by atoms with van der Waals surface area (Å²) in [5.41, 5.74) is 0.948. The highest BCUT2D eigenvalue weighted by molar-refractivity contribution is 7.20. The van der Waals surface area contributed by atoms with Crippen LogP contribution < -0.4 is 4.90 Å². The van der Waals surface area contributed by atoms with Gasteiger partial charge in [-0.2, -0.15) is 0 Å². The summed E-state index contributed by atoms with van der Waals surface area (Å²) in [5, 5.41) is 1.02. The first kappa shape index (κ1) is 19.6. The molecule has 2 saturated heterocycles. The maximum Gasteiger partial charge on any atom is 0.348 e. The number of carbonyl (C=O) groups is 1. The minimum atomic E-state index is -0.256. The van der Waals surface area contributed by atoms with E-state index < -0.39 is 0 Å². The third kappa shape index (κ3) is 3.50. The first-order valence-electron chi connectivity index (χ1n) is 10.4. The Morgan fingerprint density at radius 1 is 1.18 bits per heavy atom. The molecule has 0 bridgehead atoms. The molecule has 1 atom stereocenters. The fourth-order valence-corrected chi connectivity index (χ4v) is 5.86. The van der Waals surface area contributed by atoms with Crippen LogP contribution in [0, 0.1) is 13.8 Å². The summed E-state index contributed by atoms with van der Waals surface area (Å²) in [6.07, 6.45) is 5.00. The molecule has 0 radical (unpaired) electrons. The molecule has 0 amide bonds. The van der Waals surface area contributed by atoms with Gasteiger partial charge in [0.15, 0.2) is 0 Å². The second kappa shape index (κ2) is 7.95. The lowest BCUT2D eigenvalue weighted by molar-refractivity contribution is 0.0531. The van der Waals surface area contributed by atoms with Gasteiger partial charge in [0.25, 0.3) is 0 Å². The number of carbonyl (C=O) groups excluding carboxylic acids is 1. The van der Waals surface area contributed by atoms with Crippen molar-refractivity contribution in [2.45, 2.75) is 65.5 Å². The molecule has 1 unspecified atom stereocenters. The quantitative estimate of drug-likeness (QED) is 0.722. The first-order valence-corrected chi connectivity index (χ1v) is 11.3. The molecule has 28 heavy (non-hydrogen) atoms. The Kier molecular flexibility index (Phi) is 5.56. The predicted octanol–water partition coefficient (Wildman–Crippen LogP) is 3.94. The van der Waals surface area contributed by atoms with Gasteiger partial charge in [0.05, 0.1) is 12.0 Å². The van der Waals surface area contributed by atoms with Gasteiger partial charge in [-0.1, -0.05) is 0 Å². The average molecular weight is 403 g/mol. The second-order valence-corrected chi connectivity index (χ2v) is 9.00. The maximum atomic E-state index is 12.3. The van der Waals surface area contributed by atoms with E-state index in [2.05, 4.69) is 21.7 Å². The Bertz CT molecular complexity index is 873. The zero-order valence-corrected chi connectivity index (χ0v) is 18.1. The molecule has 2 fully saturated rings. The molecule has 2 aromatic heterocycles. The molecule has 0 aromatic carbocycles. The zero-order chi connectivity index (χ0) is 19.8. The molecule has 7 heteroatoms. The highest BCUT2D eigenvalue weighted by Crippen LogP contribution is 2.37. The van der Waals surface area contributed by atoms with E-state index in [0.29, 0.717) is 17.5 Å². The van der Waals surface area contributed by atoms with E-state index >= 15 is 0 Å². The lowest BCUT2D eigenvalue weighted by Gasteiger charge is -2.39. The molecule has 0 saturated carbocycles. The topological polar surface area (TPSA) is 58.6 Å². The summed E-state index contributed by atoms with van der Waals surface area (Å²) in [6.45, 7) is 11.8. The minimum Gasteiger partial charge on any atom is -0.462 e. The molecule has 152 valence electrons. The molecule has 2 aliphatic rings. The summed E-state index contributed by atoms with van der Waals surface area (Å²) in [6, 6.07) is 1.40. The van der Waals surface area contributed by atoms with E-state index in [1.54, 1.807) is 0 Å². The van der Waals surface area contributed by atoms with E-state index in [1.165, 1.54) is 43.6 Å². The Balaban J connectivity index is 1.61. The number of ether oxygens (including phenoxy) is 1. The number of piperidine rings is 1. The van der Waals surface area contributed by atoms with E-state index in [-0.39, 0.29) is 5.97 Å². The molecule has 0 N–H and O–H groups in total. The van der Waals surface area contributed by atoms with Crippen molar-refractivity contribution in [3.8, 4) is 0 Å². The Labute approximate surface area is 170 Å². The summed E-state index contributed by atoms with van der Waals surface area (Å²) in [4.78, 5) is 28.4. The van der Waals surface area contributed by atoms with Gasteiger partial charge in [0.2, 0.25) is 0 Å². The predicted molar refractivity (Wildman–Crippen MR) is 113 cm³/mol. The van der Waals surface area contributed by atoms with Crippen molar-refractivity contribution in [1.29, 1.82) is 0 Å². The number of nitrogens with zero attached hydrogens (tertiary/aromatic N) is 4. The van der Waals surface area contributed by atoms with Gasteiger partial charge in [-0.05, 0) is 65.5 Å². The standard InChI is InChI=1S/C21H30N4O2S/c1-5-27-21(26)18-14(3)17-19(22-15(4)23-20(17)28-18)24-11-8-16(9-12-24)25-10-6-7-13(25)2/h13,16H,5-12H2,1-4H3. The van der Waals surface area contributed by atoms with E-state index in [1.807, 2.05) is 20.8 Å². The summed E-state index contributed by atoms with van der Waals surface area (Å²) in [7, 11) is 0. The van der Waals surface area contributed by atoms with Crippen LogP contribution in [0.5, 0.6) is 0 Å². The van der Waals surface area contributed by atoms with Gasteiger partial charge in [-0.25, -0.2) is 14.8 Å². The summed E-state index contributed by atoms with van der Waals surface area (Å²) in [5.74, 6) is 1.49. The van der Waals surface area contributed by atoms with Crippen LogP contribution in [-0.2, 0) is 4.74 Å². The fourth-order valence-electron chi connectivity index (χ4n) is 4.75. The van der Waals surface area contributed by atoms with Gasteiger partial charge in [-0.3, -0.25) is 4.90 Å². The normalized spacial score (nSPS) is 21.6. The molecular formula is C21H30N4O2S. The lowest BCUT2D eigenvalue weighted by Crippen LogP contribution is -2.46. The van der Waals surface area contributed by atoms with Crippen LogP contribution in [0.25, 0.3) is 10.2 Å². The number of esters is 1. The van der Waals surface area contributed by atoms with Crippen LogP contribution in [0.1, 0.15) is 60.6 Å². The number of likely N-dealkylation sites (tertiary alicyclic amines) is 1. The Morgan fingerprint density at radius 3 is 2.57 bits per heavy atom. The minimum absolute atomic E-state index is 0.256. The van der Waals surface area contributed by atoms with Crippen molar-refractivity contribution in [3.63, 3.8) is 0 Å². The number of aryl methyl sites for hydroxylation is 2. The summed E-state index contributed by atoms with van der Waals surface area (Å²) >= 11 is 1.42. The van der Waals surface area contributed by atoms with Crippen LogP contribution in [0.15, 0.2) is 0 Å². The smallest absolute Gasteiger partial charge is 0.348 e. The van der Waals surface area contributed by atoms with E-state index in [9.17, 15) is 4.79 Å². The number of hydrogen-bond donors (Lipinski definition) is 0. The largest absolute Gasteiger partial charge is 0.462 e. The molecule has 2 aliphatic heterocycles. The number of aromatic nitrogens is 2. The van der Waals surface area contributed by atoms with Crippen molar-refractivity contribution in [1.82, 2.24) is 14.9 Å². The lowest BCUT2D eigenvalue weighted by atomic mass is 10.0. The number of rotatable bonds is 4.